The van der Waals surface area contributed by atoms with E-state index in [2.05, 4.69) is 43.6 Å². The Bertz CT molecular complexity index is 134. The zero-order valence-corrected chi connectivity index (χ0v) is 12.3. The molecule has 0 aliphatic rings. The molecule has 0 spiro atoms. The molecule has 1 nitrogen and oxygen atoms in total. The Morgan fingerprint density at radius 3 is 2.13 bits per heavy atom. The lowest BCUT2D eigenvalue weighted by atomic mass is 10.1. The third-order valence-electron chi connectivity index (χ3n) is 2.37. The van der Waals surface area contributed by atoms with Crippen molar-refractivity contribution in [3.63, 3.8) is 0 Å². The van der Waals surface area contributed by atoms with E-state index < -0.39 is 0 Å². The molecule has 0 saturated carbocycles. The highest BCUT2D eigenvalue weighted by Crippen LogP contribution is 2.17. The van der Waals surface area contributed by atoms with Crippen LogP contribution in [-0.2, 0) is 4.74 Å². The molecule has 0 N–H and O–H groups in total. The Hall–Kier alpha value is 0.440. The predicted octanol–water partition coefficient (Wildman–Crippen LogP) is 4.64. The maximum atomic E-state index is 5.58. The normalized spacial score (nSPS) is 13.8. The fraction of sp³-hybridized carbons (Fsp3) is 1.00. The molecule has 0 radical (unpaired) electrons. The van der Waals surface area contributed by atoms with E-state index in [4.69, 9.17) is 4.74 Å². The van der Waals surface area contributed by atoms with Crippen molar-refractivity contribution in [1.29, 1.82) is 0 Å². The van der Waals surface area contributed by atoms with Gasteiger partial charge in [0.2, 0.25) is 0 Å². The quantitative estimate of drug-likeness (QED) is 0.441. The monoisotopic (exact) mass is 278 g/mol. The molecule has 0 fully saturated rings. The van der Waals surface area contributed by atoms with Crippen LogP contribution in [0.25, 0.3) is 0 Å². The Kier molecular flexibility index (Phi) is 9.93. The van der Waals surface area contributed by atoms with Gasteiger partial charge in [0.25, 0.3) is 0 Å². The first-order valence-corrected chi connectivity index (χ1v) is 7.15. The average molecular weight is 279 g/mol. The van der Waals surface area contributed by atoms with Gasteiger partial charge in [-0.15, -0.1) is 0 Å². The van der Waals surface area contributed by atoms with Crippen molar-refractivity contribution < 1.29 is 4.74 Å². The first-order valence-electron chi connectivity index (χ1n) is 6.24. The zero-order chi connectivity index (χ0) is 11.7. The highest BCUT2D eigenvalue weighted by Gasteiger charge is 2.06. The third kappa shape index (κ3) is 12.4. The van der Waals surface area contributed by atoms with Crippen LogP contribution in [0.4, 0.5) is 0 Å². The van der Waals surface area contributed by atoms with Gasteiger partial charge in [-0.2, -0.15) is 0 Å². The van der Waals surface area contributed by atoms with Crippen LogP contribution in [0.3, 0.4) is 0 Å². The number of ether oxygens (including phenoxy) is 1. The standard InChI is InChI=1S/C13H27BrO/c1-11(2)7-9-15-8-5-6-13(14)10-12(3)4/h11-13H,5-10H2,1-4H3. The van der Waals surface area contributed by atoms with Crippen molar-refractivity contribution in [2.75, 3.05) is 13.2 Å². The van der Waals surface area contributed by atoms with Crippen molar-refractivity contribution in [2.24, 2.45) is 11.8 Å². The Balaban J connectivity index is 3.16. The summed E-state index contributed by atoms with van der Waals surface area (Å²) in [6, 6.07) is 0. The molecule has 15 heavy (non-hydrogen) atoms. The molecule has 0 saturated heterocycles. The summed E-state index contributed by atoms with van der Waals surface area (Å²) in [5.41, 5.74) is 0. The summed E-state index contributed by atoms with van der Waals surface area (Å²) in [6.07, 6.45) is 4.87. The van der Waals surface area contributed by atoms with E-state index in [9.17, 15) is 0 Å². The summed E-state index contributed by atoms with van der Waals surface area (Å²) in [5.74, 6) is 1.55. The highest BCUT2D eigenvalue weighted by atomic mass is 79.9. The van der Waals surface area contributed by atoms with E-state index in [1.165, 1.54) is 25.7 Å². The number of rotatable bonds is 9. The Labute approximate surface area is 104 Å². The molecule has 0 amide bonds. The summed E-state index contributed by atoms with van der Waals surface area (Å²) in [6.45, 7) is 10.9. The van der Waals surface area contributed by atoms with Gasteiger partial charge in [0, 0.05) is 18.0 Å². The summed E-state index contributed by atoms with van der Waals surface area (Å²) in [7, 11) is 0. The molecule has 0 aromatic rings. The lowest BCUT2D eigenvalue weighted by Crippen LogP contribution is -2.06. The van der Waals surface area contributed by atoms with Crippen molar-refractivity contribution in [3.8, 4) is 0 Å². The molecule has 0 bridgehead atoms. The van der Waals surface area contributed by atoms with Crippen LogP contribution in [0.2, 0.25) is 0 Å². The van der Waals surface area contributed by atoms with Gasteiger partial charge in [-0.05, 0) is 37.5 Å². The van der Waals surface area contributed by atoms with Crippen molar-refractivity contribution in [3.05, 3.63) is 0 Å². The minimum atomic E-state index is 0.672. The smallest absolute Gasteiger partial charge is 0.0468 e. The summed E-state index contributed by atoms with van der Waals surface area (Å²) < 4.78 is 5.58. The molecule has 0 aliphatic carbocycles. The third-order valence-corrected chi connectivity index (χ3v) is 3.20. The van der Waals surface area contributed by atoms with Crippen molar-refractivity contribution >= 4 is 15.9 Å². The van der Waals surface area contributed by atoms with Crippen molar-refractivity contribution in [1.82, 2.24) is 0 Å². The van der Waals surface area contributed by atoms with Crippen LogP contribution in [-0.4, -0.2) is 18.0 Å². The molecule has 0 aromatic carbocycles. The van der Waals surface area contributed by atoms with Gasteiger partial charge in [-0.1, -0.05) is 43.6 Å². The summed E-state index contributed by atoms with van der Waals surface area (Å²) in [5, 5.41) is 0. The van der Waals surface area contributed by atoms with Gasteiger partial charge in [-0.25, -0.2) is 0 Å². The van der Waals surface area contributed by atoms with Crippen LogP contribution in [0.5, 0.6) is 0 Å². The van der Waals surface area contributed by atoms with Crippen LogP contribution < -0.4 is 0 Å². The fourth-order valence-electron chi connectivity index (χ4n) is 1.46. The molecule has 0 aliphatic heterocycles. The van der Waals surface area contributed by atoms with Crippen LogP contribution in [0.1, 0.15) is 53.4 Å². The molecule has 0 rings (SSSR count). The first kappa shape index (κ1) is 15.4. The van der Waals surface area contributed by atoms with Crippen molar-refractivity contribution in [2.45, 2.75) is 58.2 Å². The highest BCUT2D eigenvalue weighted by molar-refractivity contribution is 9.09. The van der Waals surface area contributed by atoms with Crippen LogP contribution >= 0.6 is 15.9 Å². The average Bonchev–Trinajstić information content (AvgIpc) is 2.09. The molecule has 1 atom stereocenters. The Morgan fingerprint density at radius 1 is 0.933 bits per heavy atom. The van der Waals surface area contributed by atoms with E-state index >= 15 is 0 Å². The maximum absolute atomic E-state index is 5.58. The summed E-state index contributed by atoms with van der Waals surface area (Å²) in [4.78, 5) is 0.672. The van der Waals surface area contributed by atoms with E-state index in [0.29, 0.717) is 4.83 Å². The van der Waals surface area contributed by atoms with E-state index in [1.54, 1.807) is 0 Å². The minimum absolute atomic E-state index is 0.672. The number of alkyl halides is 1. The SMILES string of the molecule is CC(C)CCOCCCC(Br)CC(C)C. The topological polar surface area (TPSA) is 9.23 Å². The van der Waals surface area contributed by atoms with Gasteiger partial charge in [-0.3, -0.25) is 0 Å². The number of hydrogen-bond acceptors (Lipinski definition) is 1. The van der Waals surface area contributed by atoms with Gasteiger partial charge >= 0.3 is 0 Å². The van der Waals surface area contributed by atoms with Gasteiger partial charge in [0.05, 0.1) is 0 Å². The predicted molar refractivity (Wildman–Crippen MR) is 71.7 cm³/mol. The molecule has 0 heterocycles. The van der Waals surface area contributed by atoms with E-state index in [-0.39, 0.29) is 0 Å². The fourth-order valence-corrected chi connectivity index (χ4v) is 2.53. The Morgan fingerprint density at radius 2 is 1.60 bits per heavy atom. The van der Waals surface area contributed by atoms with E-state index in [1.807, 2.05) is 0 Å². The molecule has 92 valence electrons. The second-order valence-electron chi connectivity index (χ2n) is 5.16. The molecule has 0 aromatic heterocycles. The summed E-state index contributed by atoms with van der Waals surface area (Å²) >= 11 is 3.72. The zero-order valence-electron chi connectivity index (χ0n) is 10.8. The second kappa shape index (κ2) is 9.65. The lowest BCUT2D eigenvalue weighted by Gasteiger charge is -2.12. The van der Waals surface area contributed by atoms with Gasteiger partial charge in [0.1, 0.15) is 0 Å². The molecular formula is C13H27BrO. The van der Waals surface area contributed by atoms with Gasteiger partial charge < -0.3 is 4.74 Å². The largest absolute Gasteiger partial charge is 0.381 e. The maximum Gasteiger partial charge on any atom is 0.0468 e. The number of halogens is 1. The number of hydrogen-bond donors (Lipinski definition) is 0. The van der Waals surface area contributed by atoms with Gasteiger partial charge in [0.15, 0.2) is 0 Å². The van der Waals surface area contributed by atoms with E-state index in [0.717, 1.165) is 25.0 Å². The first-order chi connectivity index (χ1) is 7.02. The second-order valence-corrected chi connectivity index (χ2v) is 6.46. The molecular weight excluding hydrogens is 252 g/mol. The molecule has 1 unspecified atom stereocenters. The lowest BCUT2D eigenvalue weighted by molar-refractivity contribution is 0.120. The molecule has 2 heteroatoms. The minimum Gasteiger partial charge on any atom is -0.381 e. The van der Waals surface area contributed by atoms with Crippen LogP contribution in [0.15, 0.2) is 0 Å². The van der Waals surface area contributed by atoms with Crippen LogP contribution in [0, 0.1) is 11.8 Å².